The van der Waals surface area contributed by atoms with Gasteiger partial charge in [0.2, 0.25) is 0 Å². The number of methoxy groups -OCH3 is 1. The highest BCUT2D eigenvalue weighted by molar-refractivity contribution is 7.99. The lowest BCUT2D eigenvalue weighted by atomic mass is 10.1. The molecule has 0 saturated heterocycles. The predicted octanol–water partition coefficient (Wildman–Crippen LogP) is 1.09. The molecule has 0 aliphatic rings. The van der Waals surface area contributed by atoms with E-state index in [0.717, 1.165) is 0 Å². The van der Waals surface area contributed by atoms with Crippen molar-refractivity contribution in [3.05, 3.63) is 0 Å². The van der Waals surface area contributed by atoms with Crippen molar-refractivity contribution >= 4 is 23.7 Å². The van der Waals surface area contributed by atoms with Crippen LogP contribution in [-0.2, 0) is 19.1 Å². The third-order valence-electron chi connectivity index (χ3n) is 1.80. The predicted molar refractivity (Wildman–Crippen MR) is 55.1 cm³/mol. The Kier molecular flexibility index (Phi) is 6.36. The number of carbonyl (C=O) groups excluding carboxylic acids is 2. The van der Waals surface area contributed by atoms with Crippen molar-refractivity contribution in [1.29, 1.82) is 0 Å². The molecule has 0 radical (unpaired) electrons. The minimum atomic E-state index is -0.484. The van der Waals surface area contributed by atoms with Crippen molar-refractivity contribution in [2.75, 3.05) is 20.0 Å². The maximum absolute atomic E-state index is 11.4. The van der Waals surface area contributed by atoms with E-state index in [2.05, 4.69) is 4.74 Å². The molecule has 5 heteroatoms. The average molecular weight is 220 g/mol. The van der Waals surface area contributed by atoms with Gasteiger partial charge in [-0.1, -0.05) is 6.92 Å². The largest absolute Gasteiger partial charge is 0.469 e. The van der Waals surface area contributed by atoms with Crippen LogP contribution in [0.2, 0.25) is 0 Å². The molecule has 0 aromatic carbocycles. The minimum Gasteiger partial charge on any atom is -0.469 e. The van der Waals surface area contributed by atoms with Crippen LogP contribution >= 0.6 is 11.8 Å². The molecule has 0 spiro atoms. The van der Waals surface area contributed by atoms with Gasteiger partial charge in [0, 0.05) is 0 Å². The number of esters is 2. The maximum Gasteiger partial charge on any atom is 0.319 e. The van der Waals surface area contributed by atoms with E-state index in [1.165, 1.54) is 18.9 Å². The highest BCUT2D eigenvalue weighted by atomic mass is 32.2. The fraction of sp³-hybridized carbons (Fsp3) is 0.778. The molecule has 14 heavy (non-hydrogen) atoms. The number of thioether (sulfide) groups is 1. The highest BCUT2D eigenvalue weighted by Crippen LogP contribution is 2.19. The van der Waals surface area contributed by atoms with Crippen LogP contribution in [-0.4, -0.2) is 37.2 Å². The molecule has 4 nitrogen and oxygen atoms in total. The second kappa shape index (κ2) is 6.70. The van der Waals surface area contributed by atoms with Gasteiger partial charge >= 0.3 is 11.9 Å². The van der Waals surface area contributed by atoms with Crippen LogP contribution in [0, 0.1) is 5.92 Å². The molecule has 0 aliphatic carbocycles. The zero-order chi connectivity index (χ0) is 11.1. The topological polar surface area (TPSA) is 52.6 Å². The van der Waals surface area contributed by atoms with Crippen molar-refractivity contribution in [1.82, 2.24) is 0 Å². The first-order chi connectivity index (χ1) is 6.58. The van der Waals surface area contributed by atoms with Gasteiger partial charge in [-0.05, 0) is 13.2 Å². The fourth-order valence-electron chi connectivity index (χ4n) is 1.04. The summed E-state index contributed by atoms with van der Waals surface area (Å²) in [4.78, 5) is 22.6. The van der Waals surface area contributed by atoms with Crippen LogP contribution in [0.25, 0.3) is 0 Å². The van der Waals surface area contributed by atoms with Crippen LogP contribution in [0.1, 0.15) is 13.8 Å². The Bertz CT molecular complexity index is 205. The molecule has 0 fully saturated rings. The smallest absolute Gasteiger partial charge is 0.319 e. The molecule has 0 aliphatic heterocycles. The molecule has 0 N–H and O–H groups in total. The summed E-state index contributed by atoms with van der Waals surface area (Å²) >= 11 is 1.29. The van der Waals surface area contributed by atoms with E-state index in [9.17, 15) is 9.59 Å². The first-order valence-corrected chi connectivity index (χ1v) is 5.64. The van der Waals surface area contributed by atoms with Gasteiger partial charge in [-0.2, -0.15) is 0 Å². The summed E-state index contributed by atoms with van der Waals surface area (Å²) in [6, 6.07) is 0. The lowest BCUT2D eigenvalue weighted by Gasteiger charge is -2.17. The zero-order valence-electron chi connectivity index (χ0n) is 8.90. The average Bonchev–Trinajstić information content (AvgIpc) is 2.18. The first-order valence-electron chi connectivity index (χ1n) is 4.35. The van der Waals surface area contributed by atoms with E-state index >= 15 is 0 Å². The Hall–Kier alpha value is -0.710. The third-order valence-corrected chi connectivity index (χ3v) is 2.91. The monoisotopic (exact) mass is 220 g/mol. The van der Waals surface area contributed by atoms with E-state index in [-0.39, 0.29) is 5.97 Å². The summed E-state index contributed by atoms with van der Waals surface area (Å²) in [5.41, 5.74) is 0. The number of carbonyl (C=O) groups is 2. The van der Waals surface area contributed by atoms with Crippen LogP contribution in [0.5, 0.6) is 0 Å². The molecule has 0 unspecified atom stereocenters. The van der Waals surface area contributed by atoms with Gasteiger partial charge in [-0.15, -0.1) is 11.8 Å². The van der Waals surface area contributed by atoms with Crippen molar-refractivity contribution in [3.63, 3.8) is 0 Å². The molecular weight excluding hydrogens is 204 g/mol. The molecular formula is C9H16O4S. The second-order valence-corrected chi connectivity index (χ2v) is 3.70. The normalized spacial score (nSPS) is 14.3. The Labute approximate surface area is 88.3 Å². The van der Waals surface area contributed by atoms with Crippen molar-refractivity contribution in [3.8, 4) is 0 Å². The molecule has 0 heterocycles. The number of hydrogen-bond acceptors (Lipinski definition) is 5. The van der Waals surface area contributed by atoms with E-state index in [4.69, 9.17) is 4.74 Å². The summed E-state index contributed by atoms with van der Waals surface area (Å²) in [7, 11) is 1.31. The Balaban J connectivity index is 4.39. The van der Waals surface area contributed by atoms with Crippen LogP contribution in [0.3, 0.4) is 0 Å². The maximum atomic E-state index is 11.4. The summed E-state index contributed by atoms with van der Waals surface area (Å²) in [5.74, 6) is -1.23. The standard InChI is InChI=1S/C9H16O4S/c1-5-13-9(11)7(14-4)6(2)8(10)12-3/h6-7H,5H2,1-4H3/t6-,7+/m0/s1. The molecule has 0 bridgehead atoms. The Morgan fingerprint density at radius 3 is 2.29 bits per heavy atom. The van der Waals surface area contributed by atoms with Crippen molar-refractivity contribution < 1.29 is 19.1 Å². The summed E-state index contributed by atoms with van der Waals surface area (Å²) in [5, 5.41) is -0.484. The van der Waals surface area contributed by atoms with Gasteiger partial charge in [0.1, 0.15) is 5.25 Å². The van der Waals surface area contributed by atoms with Gasteiger partial charge in [0.15, 0.2) is 0 Å². The highest BCUT2D eigenvalue weighted by Gasteiger charge is 2.31. The van der Waals surface area contributed by atoms with Gasteiger partial charge in [0.05, 0.1) is 19.6 Å². The van der Waals surface area contributed by atoms with Crippen LogP contribution in [0.4, 0.5) is 0 Å². The quantitative estimate of drug-likeness (QED) is 0.649. The lowest BCUT2D eigenvalue weighted by molar-refractivity contribution is -0.151. The number of ether oxygens (including phenoxy) is 2. The van der Waals surface area contributed by atoms with Gasteiger partial charge < -0.3 is 9.47 Å². The van der Waals surface area contributed by atoms with E-state index in [0.29, 0.717) is 6.61 Å². The van der Waals surface area contributed by atoms with E-state index in [1.807, 2.05) is 0 Å². The van der Waals surface area contributed by atoms with Crippen molar-refractivity contribution in [2.24, 2.45) is 5.92 Å². The molecule has 0 rings (SSSR count). The molecule has 0 aromatic rings. The molecule has 0 amide bonds. The molecule has 0 aromatic heterocycles. The fourth-order valence-corrected chi connectivity index (χ4v) is 1.82. The Morgan fingerprint density at radius 1 is 1.36 bits per heavy atom. The summed E-state index contributed by atoms with van der Waals surface area (Å²) < 4.78 is 9.41. The van der Waals surface area contributed by atoms with Gasteiger partial charge in [0.25, 0.3) is 0 Å². The van der Waals surface area contributed by atoms with E-state index < -0.39 is 17.1 Å². The van der Waals surface area contributed by atoms with Gasteiger partial charge in [-0.3, -0.25) is 9.59 Å². The minimum absolute atomic E-state index is 0.323. The lowest BCUT2D eigenvalue weighted by Crippen LogP contribution is -2.32. The summed E-state index contributed by atoms with van der Waals surface area (Å²) in [6.45, 7) is 3.71. The Morgan fingerprint density at radius 2 is 1.93 bits per heavy atom. The van der Waals surface area contributed by atoms with E-state index in [1.54, 1.807) is 20.1 Å². The summed E-state index contributed by atoms with van der Waals surface area (Å²) in [6.07, 6.45) is 1.76. The van der Waals surface area contributed by atoms with Gasteiger partial charge in [-0.25, -0.2) is 0 Å². The third kappa shape index (κ3) is 3.57. The number of hydrogen-bond donors (Lipinski definition) is 0. The molecule has 2 atom stereocenters. The second-order valence-electron chi connectivity index (χ2n) is 2.72. The first kappa shape index (κ1) is 13.3. The number of rotatable bonds is 5. The van der Waals surface area contributed by atoms with Crippen LogP contribution < -0.4 is 0 Å². The molecule has 82 valence electrons. The zero-order valence-corrected chi connectivity index (χ0v) is 9.72. The van der Waals surface area contributed by atoms with Crippen LogP contribution in [0.15, 0.2) is 0 Å². The SMILES string of the molecule is CCOC(=O)[C@H](SC)[C@H](C)C(=O)OC. The molecule has 0 saturated carbocycles. The van der Waals surface area contributed by atoms with Crippen molar-refractivity contribution in [2.45, 2.75) is 19.1 Å².